The molecule has 2 aromatic rings. The van der Waals surface area contributed by atoms with Crippen LogP contribution in [0.5, 0.6) is 5.75 Å². The number of tetrazole rings is 1. The first-order valence-electron chi connectivity index (χ1n) is 5.20. The maximum absolute atomic E-state index is 12.0. The number of carbonyl (C=O) groups excluding carboxylic acids is 1. The Morgan fingerprint density at radius 2 is 2.32 bits per heavy atom. The van der Waals surface area contributed by atoms with Crippen molar-refractivity contribution in [2.24, 2.45) is 0 Å². The maximum atomic E-state index is 12.0. The second-order valence-electron chi connectivity index (χ2n) is 3.42. The Labute approximate surface area is 106 Å². The summed E-state index contributed by atoms with van der Waals surface area (Å²) in [6.07, 6.45) is 0. The van der Waals surface area contributed by atoms with Gasteiger partial charge in [-0.05, 0) is 18.2 Å². The standard InChI is InChI=1S/C10H9F2N5O2/c11-10(12)19-7-3-1-2-6(4-7)9(18)13-5-8-14-16-17-15-8/h1-4,10H,5H2,(H,13,18)(H,14,15,16,17). The van der Waals surface area contributed by atoms with Gasteiger partial charge in [0.15, 0.2) is 5.82 Å². The van der Waals surface area contributed by atoms with Crippen LogP contribution in [0.15, 0.2) is 24.3 Å². The summed E-state index contributed by atoms with van der Waals surface area (Å²) in [5, 5.41) is 15.4. The van der Waals surface area contributed by atoms with E-state index in [1.165, 1.54) is 24.3 Å². The maximum Gasteiger partial charge on any atom is 0.387 e. The molecule has 9 heteroatoms. The Bertz CT molecular complexity index is 547. The Morgan fingerprint density at radius 3 is 3.00 bits per heavy atom. The molecule has 1 aromatic heterocycles. The molecule has 2 rings (SSSR count). The minimum atomic E-state index is -2.93. The molecule has 1 aromatic carbocycles. The van der Waals surface area contributed by atoms with Crippen LogP contribution in [0.1, 0.15) is 16.2 Å². The zero-order valence-corrected chi connectivity index (χ0v) is 9.51. The lowest BCUT2D eigenvalue weighted by molar-refractivity contribution is -0.0498. The number of hydrogen-bond donors (Lipinski definition) is 2. The predicted molar refractivity (Wildman–Crippen MR) is 58.4 cm³/mol. The van der Waals surface area contributed by atoms with Crippen LogP contribution in [0.3, 0.4) is 0 Å². The monoisotopic (exact) mass is 269 g/mol. The van der Waals surface area contributed by atoms with E-state index >= 15 is 0 Å². The molecule has 1 amide bonds. The summed E-state index contributed by atoms with van der Waals surface area (Å²) in [5.41, 5.74) is 0.196. The Hall–Kier alpha value is -2.58. The summed E-state index contributed by atoms with van der Waals surface area (Å²) in [5.74, 6) is -0.222. The number of benzene rings is 1. The third-order valence-electron chi connectivity index (χ3n) is 2.12. The number of ether oxygens (including phenoxy) is 1. The van der Waals surface area contributed by atoms with Crippen LogP contribution in [0.25, 0.3) is 0 Å². The van der Waals surface area contributed by atoms with E-state index in [2.05, 4.69) is 30.7 Å². The number of halogens is 2. The van der Waals surface area contributed by atoms with Gasteiger partial charge in [0.1, 0.15) is 5.75 Å². The van der Waals surface area contributed by atoms with E-state index in [4.69, 9.17) is 0 Å². The van der Waals surface area contributed by atoms with Crippen molar-refractivity contribution in [2.45, 2.75) is 13.2 Å². The van der Waals surface area contributed by atoms with Crippen molar-refractivity contribution in [1.29, 1.82) is 0 Å². The van der Waals surface area contributed by atoms with Crippen LogP contribution in [-0.4, -0.2) is 33.1 Å². The first-order chi connectivity index (χ1) is 9.15. The highest BCUT2D eigenvalue weighted by Crippen LogP contribution is 2.15. The summed E-state index contributed by atoms with van der Waals surface area (Å²) in [6.45, 7) is -2.85. The van der Waals surface area contributed by atoms with E-state index < -0.39 is 12.5 Å². The number of alkyl halides is 2. The summed E-state index contributed by atoms with van der Waals surface area (Å²) >= 11 is 0. The Kier molecular flexibility index (Phi) is 3.96. The number of hydrogen-bond acceptors (Lipinski definition) is 5. The van der Waals surface area contributed by atoms with Crippen LogP contribution in [0, 0.1) is 0 Å². The van der Waals surface area contributed by atoms with Crippen molar-refractivity contribution in [3.05, 3.63) is 35.7 Å². The van der Waals surface area contributed by atoms with Gasteiger partial charge < -0.3 is 10.1 Å². The molecule has 0 radical (unpaired) electrons. The molecule has 0 aliphatic carbocycles. The quantitative estimate of drug-likeness (QED) is 0.834. The van der Waals surface area contributed by atoms with Crippen LogP contribution >= 0.6 is 0 Å². The average molecular weight is 269 g/mol. The molecular formula is C10H9F2N5O2. The number of amides is 1. The van der Waals surface area contributed by atoms with Crippen LogP contribution in [-0.2, 0) is 6.54 Å². The zero-order chi connectivity index (χ0) is 13.7. The summed E-state index contributed by atoms with van der Waals surface area (Å²) in [6, 6.07) is 5.48. The fourth-order valence-electron chi connectivity index (χ4n) is 1.33. The molecule has 0 spiro atoms. The fourth-order valence-corrected chi connectivity index (χ4v) is 1.33. The zero-order valence-electron chi connectivity index (χ0n) is 9.51. The molecule has 2 N–H and O–H groups in total. The SMILES string of the molecule is O=C(NCc1nn[nH]n1)c1cccc(OC(F)F)c1. The highest BCUT2D eigenvalue weighted by atomic mass is 19.3. The highest BCUT2D eigenvalue weighted by molar-refractivity contribution is 5.94. The smallest absolute Gasteiger partial charge is 0.387 e. The van der Waals surface area contributed by atoms with Gasteiger partial charge in [0.2, 0.25) is 0 Å². The van der Waals surface area contributed by atoms with Gasteiger partial charge in [-0.15, -0.1) is 10.2 Å². The molecule has 0 aliphatic rings. The molecule has 7 nitrogen and oxygen atoms in total. The summed E-state index contributed by atoms with van der Waals surface area (Å²) in [4.78, 5) is 11.7. The lowest BCUT2D eigenvalue weighted by atomic mass is 10.2. The van der Waals surface area contributed by atoms with E-state index in [0.717, 1.165) is 0 Å². The average Bonchev–Trinajstić information content (AvgIpc) is 2.88. The number of aromatic nitrogens is 4. The molecule has 100 valence electrons. The second kappa shape index (κ2) is 5.85. The normalized spacial score (nSPS) is 10.5. The van der Waals surface area contributed by atoms with Crippen LogP contribution in [0.4, 0.5) is 8.78 Å². The third-order valence-corrected chi connectivity index (χ3v) is 2.12. The minimum absolute atomic E-state index is 0.0786. The van der Waals surface area contributed by atoms with E-state index in [9.17, 15) is 13.6 Å². The number of carbonyl (C=O) groups is 1. The van der Waals surface area contributed by atoms with Gasteiger partial charge in [0.25, 0.3) is 5.91 Å². The Balaban J connectivity index is 1.98. The lowest BCUT2D eigenvalue weighted by Gasteiger charge is -2.06. The highest BCUT2D eigenvalue weighted by Gasteiger charge is 2.10. The van der Waals surface area contributed by atoms with Gasteiger partial charge in [0.05, 0.1) is 6.54 Å². The van der Waals surface area contributed by atoms with E-state index in [1.54, 1.807) is 0 Å². The number of nitrogens with one attached hydrogen (secondary N) is 2. The van der Waals surface area contributed by atoms with E-state index in [1.807, 2.05) is 0 Å². The van der Waals surface area contributed by atoms with Crippen LogP contribution in [0.2, 0.25) is 0 Å². The molecule has 0 atom stereocenters. The molecule has 0 saturated heterocycles. The van der Waals surface area contributed by atoms with Crippen molar-refractivity contribution < 1.29 is 18.3 Å². The largest absolute Gasteiger partial charge is 0.435 e. The molecule has 0 unspecified atom stereocenters. The first-order valence-corrected chi connectivity index (χ1v) is 5.20. The number of aromatic amines is 1. The van der Waals surface area contributed by atoms with E-state index in [0.29, 0.717) is 5.82 Å². The van der Waals surface area contributed by atoms with Gasteiger partial charge in [-0.25, -0.2) is 0 Å². The first kappa shape index (κ1) is 12.9. The predicted octanol–water partition coefficient (Wildman–Crippen LogP) is 0.731. The van der Waals surface area contributed by atoms with Gasteiger partial charge >= 0.3 is 6.61 Å². The minimum Gasteiger partial charge on any atom is -0.435 e. The van der Waals surface area contributed by atoms with Gasteiger partial charge in [-0.3, -0.25) is 4.79 Å². The van der Waals surface area contributed by atoms with E-state index in [-0.39, 0.29) is 17.9 Å². The number of H-pyrrole nitrogens is 1. The molecule has 0 aliphatic heterocycles. The molecular weight excluding hydrogens is 260 g/mol. The molecule has 0 fully saturated rings. The van der Waals surface area contributed by atoms with Crippen molar-refractivity contribution in [1.82, 2.24) is 25.9 Å². The van der Waals surface area contributed by atoms with Crippen molar-refractivity contribution >= 4 is 5.91 Å². The fraction of sp³-hybridized carbons (Fsp3) is 0.200. The van der Waals surface area contributed by atoms with Crippen molar-refractivity contribution in [2.75, 3.05) is 0 Å². The molecule has 1 heterocycles. The molecule has 0 bridgehead atoms. The second-order valence-corrected chi connectivity index (χ2v) is 3.42. The molecule has 0 saturated carbocycles. The number of nitrogens with zero attached hydrogens (tertiary/aromatic N) is 3. The lowest BCUT2D eigenvalue weighted by Crippen LogP contribution is -2.23. The summed E-state index contributed by atoms with van der Waals surface area (Å²) < 4.78 is 28.3. The third kappa shape index (κ3) is 3.69. The topological polar surface area (TPSA) is 92.8 Å². The van der Waals surface area contributed by atoms with Crippen molar-refractivity contribution in [3.8, 4) is 5.75 Å². The molecule has 19 heavy (non-hydrogen) atoms. The van der Waals surface area contributed by atoms with Crippen LogP contribution < -0.4 is 10.1 Å². The Morgan fingerprint density at radius 1 is 1.47 bits per heavy atom. The van der Waals surface area contributed by atoms with Gasteiger partial charge in [-0.1, -0.05) is 11.3 Å². The number of rotatable bonds is 5. The van der Waals surface area contributed by atoms with Gasteiger partial charge in [0, 0.05) is 5.56 Å². The summed E-state index contributed by atoms with van der Waals surface area (Å²) in [7, 11) is 0. The van der Waals surface area contributed by atoms with Crippen molar-refractivity contribution in [3.63, 3.8) is 0 Å². The van der Waals surface area contributed by atoms with Gasteiger partial charge in [-0.2, -0.15) is 14.0 Å².